The molecule has 0 heterocycles. The van der Waals surface area contributed by atoms with Crippen molar-refractivity contribution in [3.05, 3.63) is 11.9 Å². The molecule has 96 valence electrons. The zero-order chi connectivity index (χ0) is 13.2. The van der Waals surface area contributed by atoms with Crippen LogP contribution in [0.3, 0.4) is 0 Å². The lowest BCUT2D eigenvalue weighted by molar-refractivity contribution is -0.142. The van der Waals surface area contributed by atoms with Gasteiger partial charge in [-0.05, 0) is 6.42 Å². The van der Waals surface area contributed by atoms with Gasteiger partial charge in [0.2, 0.25) is 0 Å². The Morgan fingerprint density at radius 1 is 1.50 bits per heavy atom. The Hall–Kier alpha value is -0.470. The van der Waals surface area contributed by atoms with Crippen molar-refractivity contribution in [3.63, 3.8) is 0 Å². The second kappa shape index (κ2) is 9.73. The molecule has 0 saturated carbocycles. The minimum atomic E-state index is -4.28. The van der Waals surface area contributed by atoms with E-state index in [-0.39, 0.29) is 0 Å². The molecular weight excluding hydrogens is 334 g/mol. The average molecular weight is 351 g/mol. The summed E-state index contributed by atoms with van der Waals surface area (Å²) in [6, 6.07) is 0. The molecule has 0 amide bonds. The number of hydrogen-bond donors (Lipinski definition) is 1. The van der Waals surface area contributed by atoms with Crippen LogP contribution in [0.4, 0.5) is 13.2 Å². The van der Waals surface area contributed by atoms with Crippen molar-refractivity contribution in [1.29, 1.82) is 0 Å². The predicted octanol–water partition coefficient (Wildman–Crippen LogP) is 3.68. The number of nitrogens with zero attached hydrogens (tertiary/aromatic N) is 2. The van der Waals surface area contributed by atoms with Crippen molar-refractivity contribution < 1.29 is 13.2 Å². The second-order valence-corrected chi connectivity index (χ2v) is 3.04. The van der Waals surface area contributed by atoms with Crippen LogP contribution >= 0.6 is 22.9 Å². The topological polar surface area (TPSA) is 27.6 Å². The number of nitrogens with one attached hydrogen (secondary N) is 1. The Balaban J connectivity index is 0. The molecule has 7 heteroatoms. The molecule has 1 N–H and O–H groups in total. The molecule has 0 bridgehead atoms. The summed E-state index contributed by atoms with van der Waals surface area (Å²) in [7, 11) is 0. The average Bonchev–Trinajstić information content (AvgIpc) is 2.24. The van der Waals surface area contributed by atoms with E-state index in [0.29, 0.717) is 12.1 Å². The van der Waals surface area contributed by atoms with Gasteiger partial charge in [0.1, 0.15) is 6.54 Å². The van der Waals surface area contributed by atoms with Crippen molar-refractivity contribution in [2.45, 2.75) is 33.4 Å². The SMILES string of the molecule is C=NN(CC(F)(F)F)/C(=C/NI)CC.CC. The minimum absolute atomic E-state index is 0.437. The van der Waals surface area contributed by atoms with Gasteiger partial charge < -0.3 is 3.53 Å². The molecule has 3 nitrogen and oxygen atoms in total. The highest BCUT2D eigenvalue weighted by molar-refractivity contribution is 14.1. The summed E-state index contributed by atoms with van der Waals surface area (Å²) in [5.74, 6) is 0. The van der Waals surface area contributed by atoms with Gasteiger partial charge in [-0.1, -0.05) is 20.8 Å². The number of hydrogen-bond acceptors (Lipinski definition) is 3. The van der Waals surface area contributed by atoms with Gasteiger partial charge in [0.15, 0.2) is 0 Å². The molecule has 0 rings (SSSR count). The minimum Gasteiger partial charge on any atom is -0.333 e. The van der Waals surface area contributed by atoms with E-state index in [0.717, 1.165) is 5.01 Å². The first-order valence-electron chi connectivity index (χ1n) is 4.80. The summed E-state index contributed by atoms with van der Waals surface area (Å²) >= 11 is 1.82. The first-order chi connectivity index (χ1) is 7.44. The van der Waals surface area contributed by atoms with E-state index in [1.54, 1.807) is 6.92 Å². The highest BCUT2D eigenvalue weighted by Crippen LogP contribution is 2.20. The number of halogens is 4. The van der Waals surface area contributed by atoms with Crippen molar-refractivity contribution >= 4 is 29.6 Å². The van der Waals surface area contributed by atoms with Gasteiger partial charge in [0.05, 0.1) is 28.6 Å². The first kappa shape index (κ1) is 17.9. The molecule has 0 fully saturated rings. The van der Waals surface area contributed by atoms with Crippen LogP contribution < -0.4 is 3.53 Å². The predicted molar refractivity (Wildman–Crippen MR) is 69.2 cm³/mol. The highest BCUT2D eigenvalue weighted by Gasteiger charge is 2.31. The quantitative estimate of drug-likeness (QED) is 0.354. The zero-order valence-corrected chi connectivity index (χ0v) is 11.8. The van der Waals surface area contributed by atoms with Crippen molar-refractivity contribution in [2.75, 3.05) is 6.54 Å². The van der Waals surface area contributed by atoms with Crippen molar-refractivity contribution in [2.24, 2.45) is 5.10 Å². The third-order valence-electron chi connectivity index (χ3n) is 1.41. The van der Waals surface area contributed by atoms with Gasteiger partial charge in [-0.25, -0.2) is 0 Å². The molecule has 0 aliphatic carbocycles. The van der Waals surface area contributed by atoms with Gasteiger partial charge in [0, 0.05) is 12.9 Å². The molecule has 0 saturated heterocycles. The fraction of sp³-hybridized carbons (Fsp3) is 0.667. The molecule has 0 unspecified atom stereocenters. The van der Waals surface area contributed by atoms with Crippen LogP contribution in [-0.2, 0) is 0 Å². The maximum atomic E-state index is 12.1. The first-order valence-corrected chi connectivity index (χ1v) is 5.88. The Bertz CT molecular complexity index is 217. The summed E-state index contributed by atoms with van der Waals surface area (Å²) in [5, 5.41) is 4.14. The van der Waals surface area contributed by atoms with E-state index in [9.17, 15) is 13.2 Å². The second-order valence-electron chi connectivity index (χ2n) is 2.41. The molecular formula is C9H17F3IN3. The molecule has 0 atom stereocenters. The summed E-state index contributed by atoms with van der Waals surface area (Å²) in [5.41, 5.74) is 0.437. The lowest BCUT2D eigenvalue weighted by atomic mass is 10.3. The monoisotopic (exact) mass is 351 g/mol. The molecule has 0 aromatic heterocycles. The van der Waals surface area contributed by atoms with E-state index in [1.165, 1.54) is 6.20 Å². The van der Waals surface area contributed by atoms with E-state index < -0.39 is 12.7 Å². The summed E-state index contributed by atoms with van der Waals surface area (Å²) < 4.78 is 38.8. The van der Waals surface area contributed by atoms with Gasteiger partial charge in [-0.3, -0.25) is 5.01 Å². The summed E-state index contributed by atoms with van der Waals surface area (Å²) in [4.78, 5) is 0. The molecule has 0 aliphatic rings. The fourth-order valence-electron chi connectivity index (χ4n) is 0.834. The summed E-state index contributed by atoms with van der Waals surface area (Å²) in [6.45, 7) is 7.73. The number of rotatable bonds is 5. The van der Waals surface area contributed by atoms with Gasteiger partial charge in [-0.15, -0.1) is 0 Å². The molecule has 0 aliphatic heterocycles. The molecule has 0 radical (unpaired) electrons. The van der Waals surface area contributed by atoms with E-state index in [1.807, 2.05) is 36.7 Å². The standard InChI is InChI=1S/C7H11F3IN3.C2H6/c1-3-6(4-13-11)14(12-2)5-7(8,9)10;1-2/h4,13H,2-3,5H2,1H3;1-2H3/b6-4+;. The molecule has 0 spiro atoms. The lowest BCUT2D eigenvalue weighted by Gasteiger charge is -2.21. The number of hydrazone groups is 1. The van der Waals surface area contributed by atoms with Gasteiger partial charge in [-0.2, -0.15) is 18.3 Å². The Kier molecular flexibility index (Phi) is 10.9. The van der Waals surface area contributed by atoms with Crippen LogP contribution in [0, 0.1) is 0 Å². The smallest absolute Gasteiger partial charge is 0.333 e. The lowest BCUT2D eigenvalue weighted by Crippen LogP contribution is -2.29. The Morgan fingerprint density at radius 3 is 2.25 bits per heavy atom. The molecule has 0 aromatic rings. The van der Waals surface area contributed by atoms with E-state index >= 15 is 0 Å². The van der Waals surface area contributed by atoms with Gasteiger partial charge >= 0.3 is 6.18 Å². The largest absolute Gasteiger partial charge is 0.408 e. The molecule has 0 aromatic carbocycles. The third kappa shape index (κ3) is 8.81. The number of allylic oxidation sites excluding steroid dienone is 1. The van der Waals surface area contributed by atoms with E-state index in [2.05, 4.69) is 15.3 Å². The van der Waals surface area contributed by atoms with Crippen LogP contribution in [0.25, 0.3) is 0 Å². The van der Waals surface area contributed by atoms with Crippen molar-refractivity contribution in [1.82, 2.24) is 8.54 Å². The normalized spacial score (nSPS) is 11.3. The maximum Gasteiger partial charge on any atom is 0.408 e. The highest BCUT2D eigenvalue weighted by atomic mass is 127. The van der Waals surface area contributed by atoms with Crippen LogP contribution in [0.2, 0.25) is 0 Å². The maximum absolute atomic E-state index is 12.1. The number of alkyl halides is 3. The van der Waals surface area contributed by atoms with Crippen LogP contribution in [0.15, 0.2) is 17.0 Å². The summed E-state index contributed by atoms with van der Waals surface area (Å²) in [6.07, 6.45) is -2.37. The van der Waals surface area contributed by atoms with Crippen LogP contribution in [0.1, 0.15) is 27.2 Å². The van der Waals surface area contributed by atoms with Gasteiger partial charge in [0.25, 0.3) is 0 Å². The third-order valence-corrected chi connectivity index (χ3v) is 1.73. The van der Waals surface area contributed by atoms with Crippen molar-refractivity contribution in [3.8, 4) is 0 Å². The van der Waals surface area contributed by atoms with E-state index in [4.69, 9.17) is 0 Å². The van der Waals surface area contributed by atoms with Crippen LogP contribution in [-0.4, -0.2) is 24.4 Å². The molecule has 16 heavy (non-hydrogen) atoms. The Morgan fingerprint density at radius 2 is 2.00 bits per heavy atom. The fourth-order valence-corrected chi connectivity index (χ4v) is 1.19. The zero-order valence-electron chi connectivity index (χ0n) is 9.60. The Labute approximate surface area is 108 Å². The van der Waals surface area contributed by atoms with Crippen LogP contribution in [0.5, 0.6) is 0 Å².